The van der Waals surface area contributed by atoms with Crippen molar-refractivity contribution in [1.29, 1.82) is 0 Å². The second kappa shape index (κ2) is 7.93. The number of nitrogens with one attached hydrogen (secondary N) is 2. The molecule has 0 bridgehead atoms. The van der Waals surface area contributed by atoms with Crippen molar-refractivity contribution in [3.8, 4) is 0 Å². The fourth-order valence-electron chi connectivity index (χ4n) is 3.82. The summed E-state index contributed by atoms with van der Waals surface area (Å²) in [6.07, 6.45) is 5.56. The first kappa shape index (κ1) is 16.5. The standard InChI is InChI=1S/C19H29N3O/c1-15-17(10-7-12-20-15)21-19(23)18-11-5-6-13-22(18)14-16-8-3-2-4-9-16/h2-4,8-9,15,17-18,20H,5-7,10-14H2,1H3,(H,21,23). The first-order chi connectivity index (χ1) is 11.2. The summed E-state index contributed by atoms with van der Waals surface area (Å²) in [5.41, 5.74) is 1.29. The van der Waals surface area contributed by atoms with E-state index in [-0.39, 0.29) is 18.0 Å². The average Bonchev–Trinajstić information content (AvgIpc) is 2.58. The molecular weight excluding hydrogens is 286 g/mol. The van der Waals surface area contributed by atoms with Crippen LogP contribution < -0.4 is 10.6 Å². The van der Waals surface area contributed by atoms with Crippen LogP contribution in [0, 0.1) is 0 Å². The molecule has 23 heavy (non-hydrogen) atoms. The SMILES string of the molecule is CC1NCCCC1NC(=O)C1CCCCN1Cc1ccccc1. The zero-order valence-corrected chi connectivity index (χ0v) is 14.1. The number of rotatable bonds is 4. The molecule has 2 aliphatic rings. The van der Waals surface area contributed by atoms with Crippen LogP contribution in [0.5, 0.6) is 0 Å². The minimum absolute atomic E-state index is 0.0260. The van der Waals surface area contributed by atoms with Crippen LogP contribution >= 0.6 is 0 Å². The largest absolute Gasteiger partial charge is 0.350 e. The van der Waals surface area contributed by atoms with Crippen LogP contribution in [0.3, 0.4) is 0 Å². The molecule has 0 aliphatic carbocycles. The number of likely N-dealkylation sites (tertiary alicyclic amines) is 1. The number of hydrogen-bond donors (Lipinski definition) is 2. The van der Waals surface area contributed by atoms with Gasteiger partial charge in [-0.15, -0.1) is 0 Å². The fourth-order valence-corrected chi connectivity index (χ4v) is 3.82. The van der Waals surface area contributed by atoms with E-state index in [4.69, 9.17) is 0 Å². The molecule has 1 aromatic carbocycles. The maximum Gasteiger partial charge on any atom is 0.237 e. The quantitative estimate of drug-likeness (QED) is 0.896. The van der Waals surface area contributed by atoms with Gasteiger partial charge in [0.05, 0.1) is 6.04 Å². The highest BCUT2D eigenvalue weighted by molar-refractivity contribution is 5.82. The van der Waals surface area contributed by atoms with Crippen molar-refractivity contribution in [1.82, 2.24) is 15.5 Å². The molecule has 0 spiro atoms. The van der Waals surface area contributed by atoms with Crippen molar-refractivity contribution in [2.24, 2.45) is 0 Å². The Labute approximate surface area is 139 Å². The number of hydrogen-bond acceptors (Lipinski definition) is 3. The molecule has 4 heteroatoms. The minimum Gasteiger partial charge on any atom is -0.350 e. The van der Waals surface area contributed by atoms with Crippen molar-refractivity contribution in [2.45, 2.75) is 63.7 Å². The van der Waals surface area contributed by atoms with Gasteiger partial charge in [-0.1, -0.05) is 36.8 Å². The third kappa shape index (κ3) is 4.33. The van der Waals surface area contributed by atoms with Gasteiger partial charge in [-0.2, -0.15) is 0 Å². The number of carbonyl (C=O) groups excluding carboxylic acids is 1. The lowest BCUT2D eigenvalue weighted by molar-refractivity contribution is -0.129. The Morgan fingerprint density at radius 3 is 2.83 bits per heavy atom. The molecule has 2 heterocycles. The second-order valence-corrected chi connectivity index (χ2v) is 6.97. The van der Waals surface area contributed by atoms with Crippen LogP contribution in [0.2, 0.25) is 0 Å². The Morgan fingerprint density at radius 2 is 2.04 bits per heavy atom. The highest BCUT2D eigenvalue weighted by Gasteiger charge is 2.31. The zero-order valence-electron chi connectivity index (χ0n) is 14.1. The summed E-state index contributed by atoms with van der Waals surface area (Å²) in [7, 11) is 0. The molecule has 126 valence electrons. The molecule has 1 aromatic rings. The van der Waals surface area contributed by atoms with E-state index in [2.05, 4.69) is 46.7 Å². The average molecular weight is 315 g/mol. The first-order valence-corrected chi connectivity index (χ1v) is 9.06. The Bertz CT molecular complexity index is 505. The van der Waals surface area contributed by atoms with Crippen LogP contribution in [0.4, 0.5) is 0 Å². The summed E-state index contributed by atoms with van der Waals surface area (Å²) in [5, 5.41) is 6.77. The van der Waals surface area contributed by atoms with E-state index in [1.165, 1.54) is 12.0 Å². The Kier molecular flexibility index (Phi) is 5.68. The van der Waals surface area contributed by atoms with Gasteiger partial charge in [-0.25, -0.2) is 0 Å². The van der Waals surface area contributed by atoms with Gasteiger partial charge < -0.3 is 10.6 Å². The first-order valence-electron chi connectivity index (χ1n) is 9.06. The maximum atomic E-state index is 12.8. The van der Waals surface area contributed by atoms with Gasteiger partial charge in [-0.3, -0.25) is 9.69 Å². The van der Waals surface area contributed by atoms with E-state index in [0.29, 0.717) is 6.04 Å². The van der Waals surface area contributed by atoms with Crippen LogP contribution in [-0.4, -0.2) is 42.0 Å². The van der Waals surface area contributed by atoms with Crippen molar-refractivity contribution >= 4 is 5.91 Å². The van der Waals surface area contributed by atoms with Gasteiger partial charge in [0.15, 0.2) is 0 Å². The van der Waals surface area contributed by atoms with Gasteiger partial charge in [0.25, 0.3) is 0 Å². The predicted molar refractivity (Wildman–Crippen MR) is 93.1 cm³/mol. The lowest BCUT2D eigenvalue weighted by atomic mass is 9.97. The number of nitrogens with zero attached hydrogens (tertiary/aromatic N) is 1. The topological polar surface area (TPSA) is 44.4 Å². The molecule has 4 nitrogen and oxygen atoms in total. The molecule has 0 aromatic heterocycles. The number of carbonyl (C=O) groups is 1. The number of benzene rings is 1. The second-order valence-electron chi connectivity index (χ2n) is 6.97. The van der Waals surface area contributed by atoms with Crippen LogP contribution in [-0.2, 0) is 11.3 Å². The van der Waals surface area contributed by atoms with Crippen molar-refractivity contribution in [3.05, 3.63) is 35.9 Å². The smallest absolute Gasteiger partial charge is 0.237 e. The van der Waals surface area contributed by atoms with Gasteiger partial charge in [-0.05, 0) is 51.3 Å². The van der Waals surface area contributed by atoms with Crippen molar-refractivity contribution in [3.63, 3.8) is 0 Å². The Morgan fingerprint density at radius 1 is 1.22 bits per heavy atom. The lowest BCUT2D eigenvalue weighted by Gasteiger charge is -2.37. The molecule has 2 N–H and O–H groups in total. The zero-order chi connectivity index (χ0) is 16.1. The van der Waals surface area contributed by atoms with E-state index in [9.17, 15) is 4.79 Å². The summed E-state index contributed by atoms with van der Waals surface area (Å²) in [6, 6.07) is 11.2. The third-order valence-corrected chi connectivity index (χ3v) is 5.23. The summed E-state index contributed by atoms with van der Waals surface area (Å²) in [4.78, 5) is 15.2. The van der Waals surface area contributed by atoms with Crippen molar-refractivity contribution in [2.75, 3.05) is 13.1 Å². The van der Waals surface area contributed by atoms with Crippen molar-refractivity contribution < 1.29 is 4.79 Å². The molecule has 3 rings (SSSR count). The fraction of sp³-hybridized carbons (Fsp3) is 0.632. The minimum atomic E-state index is 0.0260. The molecular formula is C19H29N3O. The summed E-state index contributed by atoms with van der Waals surface area (Å²) >= 11 is 0. The summed E-state index contributed by atoms with van der Waals surface area (Å²) < 4.78 is 0. The van der Waals surface area contributed by atoms with Gasteiger partial charge >= 0.3 is 0 Å². The maximum absolute atomic E-state index is 12.8. The molecule has 0 saturated carbocycles. The highest BCUT2D eigenvalue weighted by atomic mass is 16.2. The van der Waals surface area contributed by atoms with Gasteiger partial charge in [0.2, 0.25) is 5.91 Å². The third-order valence-electron chi connectivity index (χ3n) is 5.23. The molecule has 2 aliphatic heterocycles. The molecule has 2 saturated heterocycles. The van der Waals surface area contributed by atoms with Crippen LogP contribution in [0.15, 0.2) is 30.3 Å². The van der Waals surface area contributed by atoms with E-state index in [0.717, 1.165) is 45.3 Å². The molecule has 2 fully saturated rings. The van der Waals surface area contributed by atoms with E-state index >= 15 is 0 Å². The Hall–Kier alpha value is -1.39. The highest BCUT2D eigenvalue weighted by Crippen LogP contribution is 2.20. The molecule has 0 radical (unpaired) electrons. The van der Waals surface area contributed by atoms with E-state index in [1.54, 1.807) is 0 Å². The molecule has 1 amide bonds. The van der Waals surface area contributed by atoms with Gasteiger partial charge in [0, 0.05) is 18.6 Å². The van der Waals surface area contributed by atoms with E-state index < -0.39 is 0 Å². The lowest BCUT2D eigenvalue weighted by Crippen LogP contribution is -2.57. The monoisotopic (exact) mass is 315 g/mol. The Balaban J connectivity index is 1.62. The summed E-state index contributed by atoms with van der Waals surface area (Å²) in [5.74, 6) is 0.223. The van der Waals surface area contributed by atoms with Gasteiger partial charge in [0.1, 0.15) is 0 Å². The van der Waals surface area contributed by atoms with Crippen LogP contribution in [0.25, 0.3) is 0 Å². The van der Waals surface area contributed by atoms with E-state index in [1.807, 2.05) is 6.07 Å². The normalized spacial score (nSPS) is 29.2. The number of piperidine rings is 2. The molecule has 3 atom stereocenters. The van der Waals surface area contributed by atoms with Crippen LogP contribution in [0.1, 0.15) is 44.6 Å². The summed E-state index contributed by atoms with van der Waals surface area (Å²) in [6.45, 7) is 5.13. The molecule has 3 unspecified atom stereocenters. The number of amides is 1. The predicted octanol–water partition coefficient (Wildman–Crippen LogP) is 2.30.